The molecule has 544 valence electrons. The molecular weight excluding hydrogens is 1210 g/mol. The second kappa shape index (κ2) is 30.2. The molecular formula is C81H131NO14. The normalized spacial score (nSPS) is 44.5. The maximum atomic E-state index is 12.5. The van der Waals surface area contributed by atoms with E-state index >= 15 is 0 Å². The van der Waals surface area contributed by atoms with E-state index in [1.807, 2.05) is 0 Å². The number of amides is 1. The number of nitrogens with one attached hydrogen (secondary N) is 1. The number of carboxylic acid groups (broad SMARTS) is 4. The van der Waals surface area contributed by atoms with Crippen molar-refractivity contribution in [3.63, 3.8) is 0 Å². The van der Waals surface area contributed by atoms with Crippen LogP contribution in [0.1, 0.15) is 300 Å². The van der Waals surface area contributed by atoms with Crippen LogP contribution in [-0.2, 0) is 38.3 Å². The number of ether oxygens (including phenoxy) is 1. The number of hydrogen-bond donors (Lipinski definition) is 7. The zero-order chi connectivity index (χ0) is 69.6. The molecule has 0 heterocycles. The van der Waals surface area contributed by atoms with Gasteiger partial charge in [0.1, 0.15) is 17.9 Å². The second-order valence-electron chi connectivity index (χ2n) is 37.0. The Kier molecular flexibility index (Phi) is 23.6. The summed E-state index contributed by atoms with van der Waals surface area (Å²) in [4.78, 5) is 80.3. The summed E-state index contributed by atoms with van der Waals surface area (Å²) in [6.45, 7) is 23.9. The zero-order valence-corrected chi connectivity index (χ0v) is 61.1. The lowest BCUT2D eigenvalue weighted by molar-refractivity contribution is -0.164. The van der Waals surface area contributed by atoms with Crippen molar-refractivity contribution in [2.45, 2.75) is 325 Å². The van der Waals surface area contributed by atoms with Crippen LogP contribution in [0.4, 0.5) is 0 Å². The first-order chi connectivity index (χ1) is 45.2. The molecule has 12 aliphatic rings. The number of ketones is 1. The Balaban J connectivity index is 0.000000163. The fourth-order valence-electron chi connectivity index (χ4n) is 27.6. The van der Waals surface area contributed by atoms with Crippen molar-refractivity contribution in [1.82, 2.24) is 5.32 Å². The molecule has 7 N–H and O–H groups in total. The number of aliphatic hydroxyl groups excluding tert-OH is 2. The van der Waals surface area contributed by atoms with Gasteiger partial charge in [0.25, 0.3) is 0 Å². The van der Waals surface area contributed by atoms with Crippen molar-refractivity contribution in [3.05, 3.63) is 0 Å². The molecule has 0 saturated heterocycles. The summed E-state index contributed by atoms with van der Waals surface area (Å²) in [5.41, 5.74) is 2.32. The van der Waals surface area contributed by atoms with Gasteiger partial charge in [-0.25, -0.2) is 4.79 Å². The van der Waals surface area contributed by atoms with Gasteiger partial charge in [-0.3, -0.25) is 24.0 Å². The van der Waals surface area contributed by atoms with E-state index in [1.54, 1.807) is 6.92 Å². The Hall–Kier alpha value is -3.59. The minimum atomic E-state index is -1.41. The molecule has 1 amide bonds. The smallest absolute Gasteiger partial charge is 0.326 e. The van der Waals surface area contributed by atoms with Gasteiger partial charge in [-0.15, -0.1) is 0 Å². The molecule has 12 fully saturated rings. The van der Waals surface area contributed by atoms with Crippen molar-refractivity contribution in [2.75, 3.05) is 0 Å². The van der Waals surface area contributed by atoms with E-state index in [4.69, 9.17) is 20.1 Å². The fourth-order valence-corrected chi connectivity index (χ4v) is 27.6. The summed E-state index contributed by atoms with van der Waals surface area (Å²) in [5.74, 6) is 8.16. The van der Waals surface area contributed by atoms with E-state index < -0.39 is 48.2 Å². The average Bonchev–Trinajstić information content (AvgIpc) is 1.23. The molecule has 12 saturated carbocycles. The molecule has 9 unspecified atom stereocenters. The van der Waals surface area contributed by atoms with Crippen LogP contribution in [0.5, 0.6) is 0 Å². The molecule has 0 aromatic rings. The number of rotatable bonds is 20. The third-order valence-electron chi connectivity index (χ3n) is 32.6. The first kappa shape index (κ1) is 75.1. The van der Waals surface area contributed by atoms with Crippen molar-refractivity contribution in [2.24, 2.45) is 139 Å². The quantitative estimate of drug-likeness (QED) is 0.0559. The van der Waals surface area contributed by atoms with E-state index in [1.165, 1.54) is 109 Å². The van der Waals surface area contributed by atoms with Gasteiger partial charge in [0, 0.05) is 19.3 Å². The number of esters is 1. The number of carboxylic acids is 4. The summed E-state index contributed by atoms with van der Waals surface area (Å²) in [6.07, 6.45) is 35.6. The van der Waals surface area contributed by atoms with Crippen LogP contribution < -0.4 is 5.32 Å². The van der Waals surface area contributed by atoms with Crippen LogP contribution in [0.25, 0.3) is 0 Å². The predicted molar refractivity (Wildman–Crippen MR) is 370 cm³/mol. The second-order valence-corrected chi connectivity index (χ2v) is 37.0. The van der Waals surface area contributed by atoms with E-state index in [-0.39, 0.29) is 48.4 Å². The molecule has 15 nitrogen and oxygen atoms in total. The highest BCUT2D eigenvalue weighted by molar-refractivity contribution is 5.86. The van der Waals surface area contributed by atoms with Gasteiger partial charge in [-0.05, 0) is 339 Å². The Labute approximate surface area is 576 Å². The molecule has 0 aromatic heterocycles. The van der Waals surface area contributed by atoms with Gasteiger partial charge in [-0.2, -0.15) is 0 Å². The van der Waals surface area contributed by atoms with Crippen LogP contribution in [0, 0.1) is 139 Å². The number of carbonyl (C=O) groups excluding carboxylic acids is 3. The van der Waals surface area contributed by atoms with Crippen molar-refractivity contribution >= 4 is 41.5 Å². The largest absolute Gasteiger partial charge is 0.481 e. The Morgan fingerprint density at radius 2 is 0.771 bits per heavy atom. The number of fused-ring (bicyclic) bond motifs is 15. The van der Waals surface area contributed by atoms with Crippen molar-refractivity contribution < 1.29 is 68.9 Å². The van der Waals surface area contributed by atoms with Crippen LogP contribution in [0.3, 0.4) is 0 Å². The third kappa shape index (κ3) is 15.2. The Morgan fingerprint density at radius 3 is 1.16 bits per heavy atom. The monoisotopic (exact) mass is 1340 g/mol. The maximum absolute atomic E-state index is 12.5. The van der Waals surface area contributed by atoms with E-state index in [0.29, 0.717) is 93.5 Å². The van der Waals surface area contributed by atoms with Crippen LogP contribution in [-0.4, -0.2) is 96.5 Å². The van der Waals surface area contributed by atoms with Gasteiger partial charge < -0.3 is 45.5 Å². The zero-order valence-electron chi connectivity index (χ0n) is 61.1. The van der Waals surface area contributed by atoms with Gasteiger partial charge in [0.05, 0.1) is 31.5 Å². The number of Topliss-reactive ketones (excluding diaryl/α,β-unsaturated/α-hetero) is 1. The molecule has 0 spiro atoms. The minimum Gasteiger partial charge on any atom is -0.481 e. The van der Waals surface area contributed by atoms with Gasteiger partial charge in [0.2, 0.25) is 5.91 Å². The van der Waals surface area contributed by atoms with Crippen molar-refractivity contribution in [1.29, 1.82) is 0 Å². The van der Waals surface area contributed by atoms with Gasteiger partial charge in [-0.1, -0.05) is 62.3 Å². The van der Waals surface area contributed by atoms with Crippen LogP contribution in [0.2, 0.25) is 0 Å². The number of carbonyl (C=O) groups is 7. The topological polar surface area (TPSA) is 262 Å². The highest BCUT2D eigenvalue weighted by Crippen LogP contribution is 2.72. The summed E-state index contributed by atoms with van der Waals surface area (Å²) in [5, 5.41) is 58.9. The summed E-state index contributed by atoms with van der Waals surface area (Å²) in [7, 11) is 0. The molecule has 0 aromatic carbocycles. The predicted octanol–water partition coefficient (Wildman–Crippen LogP) is 16.4. The Bertz CT molecular complexity index is 2670. The minimum absolute atomic E-state index is 0.0357. The third-order valence-corrected chi connectivity index (χ3v) is 32.6. The van der Waals surface area contributed by atoms with Crippen LogP contribution >= 0.6 is 0 Å². The number of aliphatic carboxylic acids is 4. The van der Waals surface area contributed by atoms with Crippen LogP contribution in [0.15, 0.2) is 0 Å². The lowest BCUT2D eigenvalue weighted by atomic mass is 9.44. The summed E-state index contributed by atoms with van der Waals surface area (Å²) < 4.78 is 5.70. The van der Waals surface area contributed by atoms with E-state index in [9.17, 15) is 48.9 Å². The molecule has 0 aliphatic heterocycles. The van der Waals surface area contributed by atoms with E-state index in [2.05, 4.69) is 67.6 Å². The molecule has 12 rings (SSSR count). The molecule has 15 heteroatoms. The molecule has 96 heavy (non-hydrogen) atoms. The summed E-state index contributed by atoms with van der Waals surface area (Å²) in [6, 6.07) is -1.41. The standard InChI is InChI=1S/C32H49NO9.C25H42O2.C24H40O3/c1-18(4-9-26(34)33-25(30(40)41)17-28(37)38)22-7-8-23-21-6-5-19-16-20(42-29(39)11-10-27(35)36)12-14-31(19,2)24(21)13-15-32(22,23)3;1-16(5-6-17(2)26)21-9-10-22-20-8-7-18-15-19(27)11-13-24(18,3)23(20)12-14-25(21,22)4;1-15(4-9-22(26)27)19-7-8-20-18-6-5-16-14-17(25)10-12-23(16,2)21(18)11-13-24(19,20)3/h18-25H,4-17H2,1-3H3,(H,33,34)(H,35,36)(H,37,38)(H,40,41);16,18-23,27H,5-15H2,1-4H3;15-21,25H,4-14H2,1-3H3,(H,26,27)/t18-,19-,20-,21?,22?,23+,24?,25+,31+,32-;16-,18-,19-,20?,21?,22+,23?,24+,25-;15-,16-,17-,18?,19?,20+,21?,23+,24-/m111/s1. The molecule has 0 radical (unpaired) electrons. The first-order valence-electron chi connectivity index (χ1n) is 39.5. The summed E-state index contributed by atoms with van der Waals surface area (Å²) >= 11 is 0. The van der Waals surface area contributed by atoms with Gasteiger partial charge in [0.15, 0.2) is 0 Å². The SMILES string of the molecule is CC(=O)CC[C@@H](C)C1CC[C@H]2C3CC[C@@H]4C[C@H](O)CC[C@]4(C)C3CC[C@]12C.C[C@H](CCC(=O)N[C@@H](CC(=O)O)C(=O)O)C1CC[C@H]2C3CC[C@@H]4C[C@H](OC(=O)CCC(=O)O)CC[C@]4(C)C3CC[C@]12C.C[C@H](CCC(=O)O)C1CC[C@H]2C3CC[C@@H]4C[C@H](O)CC[C@]4(C)C3CC[C@]12C. The number of aliphatic hydroxyl groups is 2. The maximum Gasteiger partial charge on any atom is 0.326 e. The molecule has 0 bridgehead atoms. The van der Waals surface area contributed by atoms with Crippen molar-refractivity contribution in [3.8, 4) is 0 Å². The average molecular weight is 1340 g/mol. The highest BCUT2D eigenvalue weighted by atomic mass is 16.5. The molecule has 28 atom stereocenters. The van der Waals surface area contributed by atoms with E-state index in [0.717, 1.165) is 137 Å². The number of hydrogen-bond acceptors (Lipinski definition) is 10. The Morgan fingerprint density at radius 1 is 0.406 bits per heavy atom. The highest BCUT2D eigenvalue weighted by Gasteiger charge is 2.64. The lowest BCUT2D eigenvalue weighted by Crippen LogP contribution is -2.54. The first-order valence-corrected chi connectivity index (χ1v) is 39.5. The van der Waals surface area contributed by atoms with Gasteiger partial charge >= 0.3 is 29.8 Å². The lowest BCUT2D eigenvalue weighted by Gasteiger charge is -2.61. The molecule has 12 aliphatic carbocycles. The fraction of sp³-hybridized carbons (Fsp3) is 0.914.